The van der Waals surface area contributed by atoms with E-state index in [9.17, 15) is 0 Å². The number of rotatable bonds is 6. The maximum Gasteiger partial charge on any atom is 0.0953 e. The molecule has 0 heterocycles. The summed E-state index contributed by atoms with van der Waals surface area (Å²) in [6.45, 7) is 1.37. The Kier molecular flexibility index (Phi) is 6.23. The molecule has 0 spiro atoms. The van der Waals surface area contributed by atoms with Crippen LogP contribution in [0, 0.1) is 0 Å². The van der Waals surface area contributed by atoms with Crippen molar-refractivity contribution in [3.63, 3.8) is 0 Å². The van der Waals surface area contributed by atoms with Gasteiger partial charge in [-0.25, -0.2) is 0 Å². The Morgan fingerprint density at radius 3 is 2.40 bits per heavy atom. The smallest absolute Gasteiger partial charge is 0.0953 e. The zero-order chi connectivity index (χ0) is 14.4. The van der Waals surface area contributed by atoms with Crippen molar-refractivity contribution < 1.29 is 4.74 Å². The van der Waals surface area contributed by atoms with Gasteiger partial charge in [-0.1, -0.05) is 62.2 Å². The zero-order valence-electron chi connectivity index (χ0n) is 11.3. The van der Waals surface area contributed by atoms with E-state index >= 15 is 0 Å². The van der Waals surface area contributed by atoms with Gasteiger partial charge in [0.15, 0.2) is 0 Å². The molecule has 0 aliphatic rings. The second-order valence-electron chi connectivity index (χ2n) is 4.50. The van der Waals surface area contributed by atoms with E-state index < -0.39 is 0 Å². The highest BCUT2D eigenvalue weighted by Crippen LogP contribution is 2.23. The molecule has 2 rings (SSSR count). The van der Waals surface area contributed by atoms with Gasteiger partial charge in [0.05, 0.1) is 12.7 Å². The van der Waals surface area contributed by atoms with Crippen LogP contribution in [0.2, 0.25) is 0 Å². The molecule has 0 aliphatic carbocycles. The van der Waals surface area contributed by atoms with Gasteiger partial charge in [-0.3, -0.25) is 0 Å². The highest BCUT2D eigenvalue weighted by atomic mass is 79.9. The van der Waals surface area contributed by atoms with E-state index in [1.54, 1.807) is 0 Å². The molecule has 1 atom stereocenters. The minimum absolute atomic E-state index is 0.0419. The van der Waals surface area contributed by atoms with Crippen LogP contribution in [-0.2, 0) is 11.3 Å². The number of nitrogens with one attached hydrogen (secondary N) is 1. The van der Waals surface area contributed by atoms with Gasteiger partial charge in [-0.2, -0.15) is 0 Å². The Hall–Kier alpha value is -0.680. The lowest BCUT2D eigenvalue weighted by Gasteiger charge is -2.18. The Labute approximate surface area is 136 Å². The highest BCUT2D eigenvalue weighted by molar-refractivity contribution is 9.10. The molecule has 0 radical (unpaired) electrons. The molecule has 0 amide bonds. The van der Waals surface area contributed by atoms with Gasteiger partial charge in [-0.15, -0.1) is 0 Å². The van der Waals surface area contributed by atoms with Crippen LogP contribution in [0.3, 0.4) is 0 Å². The fourth-order valence-corrected chi connectivity index (χ4v) is 2.61. The third kappa shape index (κ3) is 4.42. The monoisotopic (exact) mass is 397 g/mol. The summed E-state index contributed by atoms with van der Waals surface area (Å²) in [5.41, 5.74) is 2.33. The fourth-order valence-electron chi connectivity index (χ4n) is 1.94. The molecule has 1 unspecified atom stereocenters. The molecule has 0 saturated carbocycles. The Balaban J connectivity index is 2.06. The number of hydrogen-bond donors (Lipinski definition) is 1. The standard InChI is InChI=1S/C16H17Br2NO/c1-19-10-16(12-6-8-14(17)9-7-12)20-11-13-4-2-3-5-15(13)18/h2-9,16,19H,10-11H2,1H3. The van der Waals surface area contributed by atoms with Crippen molar-refractivity contribution in [3.8, 4) is 0 Å². The molecule has 2 aromatic rings. The molecule has 0 aromatic heterocycles. The maximum absolute atomic E-state index is 6.07. The lowest BCUT2D eigenvalue weighted by molar-refractivity contribution is 0.0407. The topological polar surface area (TPSA) is 21.3 Å². The molecule has 20 heavy (non-hydrogen) atoms. The summed E-state index contributed by atoms with van der Waals surface area (Å²) in [5, 5.41) is 3.18. The van der Waals surface area contributed by atoms with Crippen LogP contribution in [-0.4, -0.2) is 13.6 Å². The average Bonchev–Trinajstić information content (AvgIpc) is 2.46. The van der Waals surface area contributed by atoms with Gasteiger partial charge in [0.25, 0.3) is 0 Å². The summed E-state index contributed by atoms with van der Waals surface area (Å²) in [4.78, 5) is 0. The lowest BCUT2D eigenvalue weighted by Crippen LogP contribution is -2.19. The summed E-state index contributed by atoms with van der Waals surface area (Å²) >= 11 is 7.01. The molecule has 0 aliphatic heterocycles. The quantitative estimate of drug-likeness (QED) is 0.762. The Morgan fingerprint density at radius 1 is 1.05 bits per heavy atom. The van der Waals surface area contributed by atoms with Crippen molar-refractivity contribution in [1.82, 2.24) is 5.32 Å². The minimum atomic E-state index is 0.0419. The van der Waals surface area contributed by atoms with E-state index in [0.29, 0.717) is 6.61 Å². The highest BCUT2D eigenvalue weighted by Gasteiger charge is 2.12. The average molecular weight is 399 g/mol. The summed E-state index contributed by atoms with van der Waals surface area (Å²) in [6.07, 6.45) is 0.0419. The number of ether oxygens (including phenoxy) is 1. The van der Waals surface area contributed by atoms with Crippen molar-refractivity contribution in [2.75, 3.05) is 13.6 Å². The number of benzene rings is 2. The van der Waals surface area contributed by atoms with Crippen LogP contribution in [0.4, 0.5) is 0 Å². The second-order valence-corrected chi connectivity index (χ2v) is 6.27. The molecular formula is C16H17Br2NO. The van der Waals surface area contributed by atoms with Gasteiger partial charge in [-0.05, 0) is 36.4 Å². The van der Waals surface area contributed by atoms with Gasteiger partial charge >= 0.3 is 0 Å². The molecule has 2 aromatic carbocycles. The van der Waals surface area contributed by atoms with Crippen LogP contribution < -0.4 is 5.32 Å². The third-order valence-corrected chi connectivity index (χ3v) is 4.33. The van der Waals surface area contributed by atoms with Crippen molar-refractivity contribution in [3.05, 3.63) is 68.6 Å². The van der Waals surface area contributed by atoms with E-state index in [1.165, 1.54) is 5.56 Å². The first-order valence-electron chi connectivity index (χ1n) is 6.46. The van der Waals surface area contributed by atoms with E-state index in [4.69, 9.17) is 4.74 Å². The SMILES string of the molecule is CNCC(OCc1ccccc1Br)c1ccc(Br)cc1. The molecule has 1 N–H and O–H groups in total. The first-order valence-corrected chi connectivity index (χ1v) is 8.04. The molecule has 106 valence electrons. The van der Waals surface area contributed by atoms with Crippen LogP contribution in [0.15, 0.2) is 57.5 Å². The number of likely N-dealkylation sites (N-methyl/N-ethyl adjacent to an activating group) is 1. The van der Waals surface area contributed by atoms with Crippen molar-refractivity contribution >= 4 is 31.9 Å². The molecule has 0 saturated heterocycles. The first-order chi connectivity index (χ1) is 9.70. The van der Waals surface area contributed by atoms with Gasteiger partial charge in [0, 0.05) is 15.5 Å². The predicted molar refractivity (Wildman–Crippen MR) is 89.7 cm³/mol. The van der Waals surface area contributed by atoms with E-state index in [2.05, 4.69) is 55.4 Å². The first kappa shape index (κ1) is 15.7. The van der Waals surface area contributed by atoms with E-state index in [-0.39, 0.29) is 6.10 Å². The third-order valence-electron chi connectivity index (χ3n) is 3.03. The normalized spacial score (nSPS) is 12.3. The van der Waals surface area contributed by atoms with Gasteiger partial charge in [0.1, 0.15) is 0 Å². The van der Waals surface area contributed by atoms with Crippen LogP contribution in [0.1, 0.15) is 17.2 Å². The Bertz CT molecular complexity index is 542. The summed E-state index contributed by atoms with van der Waals surface area (Å²) in [6, 6.07) is 16.4. The van der Waals surface area contributed by atoms with Crippen molar-refractivity contribution in [2.45, 2.75) is 12.7 Å². The van der Waals surface area contributed by atoms with E-state index in [1.807, 2.05) is 37.4 Å². The van der Waals surface area contributed by atoms with Crippen LogP contribution in [0.5, 0.6) is 0 Å². The predicted octanol–water partition coefficient (Wildman–Crippen LogP) is 4.69. The van der Waals surface area contributed by atoms with Gasteiger partial charge in [0.2, 0.25) is 0 Å². The molecular weight excluding hydrogens is 382 g/mol. The summed E-state index contributed by atoms with van der Waals surface area (Å²) in [7, 11) is 1.94. The van der Waals surface area contributed by atoms with Crippen molar-refractivity contribution in [2.24, 2.45) is 0 Å². The molecule has 0 bridgehead atoms. The Morgan fingerprint density at radius 2 is 1.75 bits per heavy atom. The number of halogens is 2. The molecule has 4 heteroatoms. The maximum atomic E-state index is 6.07. The van der Waals surface area contributed by atoms with Crippen LogP contribution >= 0.6 is 31.9 Å². The molecule has 0 fully saturated rings. The lowest BCUT2D eigenvalue weighted by atomic mass is 10.1. The van der Waals surface area contributed by atoms with Crippen LogP contribution in [0.25, 0.3) is 0 Å². The van der Waals surface area contributed by atoms with Gasteiger partial charge < -0.3 is 10.1 Å². The largest absolute Gasteiger partial charge is 0.367 e. The summed E-state index contributed by atoms with van der Waals surface area (Å²) < 4.78 is 8.23. The minimum Gasteiger partial charge on any atom is -0.367 e. The van der Waals surface area contributed by atoms with Crippen molar-refractivity contribution in [1.29, 1.82) is 0 Å². The second kappa shape index (κ2) is 7.93. The molecule has 2 nitrogen and oxygen atoms in total. The zero-order valence-corrected chi connectivity index (χ0v) is 14.4. The summed E-state index contributed by atoms with van der Waals surface area (Å²) in [5.74, 6) is 0. The van der Waals surface area contributed by atoms with E-state index in [0.717, 1.165) is 21.1 Å². The number of hydrogen-bond acceptors (Lipinski definition) is 2. The fraction of sp³-hybridized carbons (Fsp3) is 0.250.